The van der Waals surface area contributed by atoms with E-state index in [0.29, 0.717) is 30.5 Å². The van der Waals surface area contributed by atoms with Gasteiger partial charge in [0.1, 0.15) is 0 Å². The summed E-state index contributed by atoms with van der Waals surface area (Å²) in [6.07, 6.45) is -3.08. The highest BCUT2D eigenvalue weighted by molar-refractivity contribution is 9.10. The van der Waals surface area contributed by atoms with E-state index < -0.39 is 17.8 Å². The van der Waals surface area contributed by atoms with Crippen molar-refractivity contribution in [3.63, 3.8) is 0 Å². The molecule has 4 heterocycles. The molecule has 5 aromatic rings. The van der Waals surface area contributed by atoms with Crippen LogP contribution in [-0.2, 0) is 12.7 Å². The third-order valence-corrected chi connectivity index (χ3v) is 7.08. The molecule has 0 saturated heterocycles. The number of fused-ring (bicyclic) bond motifs is 1. The van der Waals surface area contributed by atoms with Gasteiger partial charge < -0.3 is 5.32 Å². The maximum absolute atomic E-state index is 13.8. The number of rotatable bonds is 5. The fraction of sp³-hybridized carbons (Fsp3) is 0.0909. The molecule has 1 amide bonds. The first-order valence-corrected chi connectivity index (χ1v) is 12.5. The molecule has 0 bridgehead atoms. The maximum atomic E-state index is 13.8. The van der Waals surface area contributed by atoms with Crippen molar-refractivity contribution in [2.45, 2.75) is 12.7 Å². The van der Waals surface area contributed by atoms with Gasteiger partial charge in [-0.3, -0.25) is 9.48 Å². The highest BCUT2D eigenvalue weighted by Crippen LogP contribution is 2.33. The summed E-state index contributed by atoms with van der Waals surface area (Å²) in [6, 6.07) is 10.5. The van der Waals surface area contributed by atoms with Crippen molar-refractivity contribution in [1.29, 1.82) is 0 Å². The minimum absolute atomic E-state index is 0.111. The largest absolute Gasteiger partial charge is 0.433 e. The fourth-order valence-electron chi connectivity index (χ4n) is 3.40. The number of nitrogens with one attached hydrogen (secondary N) is 1. The Balaban J connectivity index is 1.43. The summed E-state index contributed by atoms with van der Waals surface area (Å²) in [5.74, 6) is -0.591. The van der Waals surface area contributed by atoms with E-state index in [1.165, 1.54) is 22.1 Å². The van der Waals surface area contributed by atoms with Gasteiger partial charge in [0.2, 0.25) is 0 Å². The molecule has 0 radical (unpaired) electrons. The number of thiophene rings is 1. The van der Waals surface area contributed by atoms with Gasteiger partial charge in [-0.25, -0.2) is 9.50 Å². The Hall–Kier alpha value is -2.93. The summed E-state index contributed by atoms with van der Waals surface area (Å²) in [6.45, 7) is 0.295. The molecule has 7 nitrogen and oxygen atoms in total. The summed E-state index contributed by atoms with van der Waals surface area (Å²) in [4.78, 5) is 17.7. The average molecular weight is 616 g/mol. The van der Waals surface area contributed by atoms with E-state index >= 15 is 0 Å². The van der Waals surface area contributed by atoms with Gasteiger partial charge in [0.15, 0.2) is 22.9 Å². The normalized spacial score (nSPS) is 11.8. The topological polar surface area (TPSA) is 77.1 Å². The van der Waals surface area contributed by atoms with Crippen LogP contribution in [0, 0.1) is 0 Å². The van der Waals surface area contributed by atoms with Crippen LogP contribution in [0.2, 0.25) is 10.0 Å². The van der Waals surface area contributed by atoms with E-state index in [2.05, 4.69) is 36.4 Å². The Morgan fingerprint density at radius 3 is 2.64 bits per heavy atom. The Labute approximate surface area is 223 Å². The van der Waals surface area contributed by atoms with E-state index in [9.17, 15) is 18.0 Å². The van der Waals surface area contributed by atoms with Crippen molar-refractivity contribution in [2.75, 3.05) is 5.32 Å². The molecule has 0 spiro atoms. The number of benzene rings is 1. The monoisotopic (exact) mass is 614 g/mol. The molecule has 0 aliphatic heterocycles. The molecule has 0 aliphatic rings. The van der Waals surface area contributed by atoms with Gasteiger partial charge >= 0.3 is 6.18 Å². The Morgan fingerprint density at radius 1 is 1.14 bits per heavy atom. The lowest BCUT2D eigenvalue weighted by Gasteiger charge is -2.10. The maximum Gasteiger partial charge on any atom is 0.433 e. The molecule has 1 N–H and O–H groups in total. The van der Waals surface area contributed by atoms with E-state index in [-0.39, 0.29) is 22.9 Å². The smallest absolute Gasteiger partial charge is 0.303 e. The van der Waals surface area contributed by atoms with Crippen molar-refractivity contribution in [3.8, 4) is 10.6 Å². The molecule has 36 heavy (non-hydrogen) atoms. The van der Waals surface area contributed by atoms with Crippen LogP contribution in [0.1, 0.15) is 21.7 Å². The molecule has 184 valence electrons. The second-order valence-electron chi connectivity index (χ2n) is 7.51. The number of carbonyl (C=O) groups is 1. The highest BCUT2D eigenvalue weighted by atomic mass is 79.9. The van der Waals surface area contributed by atoms with Crippen molar-refractivity contribution < 1.29 is 18.0 Å². The van der Waals surface area contributed by atoms with Crippen LogP contribution >= 0.6 is 50.5 Å². The van der Waals surface area contributed by atoms with Gasteiger partial charge in [-0.05, 0) is 51.1 Å². The van der Waals surface area contributed by atoms with E-state index in [1.54, 1.807) is 41.9 Å². The van der Waals surface area contributed by atoms with Crippen LogP contribution in [-0.4, -0.2) is 30.3 Å². The van der Waals surface area contributed by atoms with Crippen molar-refractivity contribution in [2.24, 2.45) is 0 Å². The summed E-state index contributed by atoms with van der Waals surface area (Å²) in [5.41, 5.74) is -0.514. The molecule has 0 fully saturated rings. The molecule has 1 aromatic carbocycles. The number of aromatic nitrogens is 5. The quantitative estimate of drug-likeness (QED) is 0.230. The second kappa shape index (κ2) is 9.51. The van der Waals surface area contributed by atoms with Gasteiger partial charge in [0.25, 0.3) is 5.91 Å². The van der Waals surface area contributed by atoms with Crippen molar-refractivity contribution in [3.05, 3.63) is 85.5 Å². The van der Waals surface area contributed by atoms with Crippen LogP contribution in [0.5, 0.6) is 0 Å². The number of halogens is 6. The Morgan fingerprint density at radius 2 is 1.94 bits per heavy atom. The fourth-order valence-corrected chi connectivity index (χ4v) is 4.97. The van der Waals surface area contributed by atoms with Crippen LogP contribution < -0.4 is 5.32 Å². The van der Waals surface area contributed by atoms with Crippen LogP contribution in [0.3, 0.4) is 0 Å². The third-order valence-electron chi connectivity index (χ3n) is 5.02. The highest BCUT2D eigenvalue weighted by Gasteiger charge is 2.36. The standard InChI is InChI=1S/C22H12BrCl2F3N6OS/c23-13-10-33(9-11-3-4-12(24)6-14(11)25)32-20(13)30-21(35)16-8-19-29-15(17-2-1-5-36-17)7-18(22(26,27)28)34(19)31-16/h1-8,10H,9H2,(H,30,32,35). The Kier molecular flexibility index (Phi) is 6.54. The Bertz CT molecular complexity index is 1600. The molecule has 14 heteroatoms. The first kappa shape index (κ1) is 24.8. The molecular weight excluding hydrogens is 604 g/mol. The number of carbonyl (C=O) groups excluding carboxylic acids is 1. The van der Waals surface area contributed by atoms with E-state index in [1.807, 2.05) is 0 Å². The summed E-state index contributed by atoms with van der Waals surface area (Å²) in [5, 5.41) is 13.4. The number of amides is 1. The van der Waals surface area contributed by atoms with Crippen molar-refractivity contribution >= 4 is 67.8 Å². The van der Waals surface area contributed by atoms with E-state index in [0.717, 1.165) is 11.6 Å². The number of nitrogens with zero attached hydrogens (tertiary/aromatic N) is 5. The third kappa shape index (κ3) is 4.99. The SMILES string of the molecule is O=C(Nc1nn(Cc2ccc(Cl)cc2Cl)cc1Br)c1cc2nc(-c3cccs3)cc(C(F)(F)F)n2n1. The van der Waals surface area contributed by atoms with Gasteiger partial charge in [0.05, 0.1) is 21.6 Å². The van der Waals surface area contributed by atoms with Crippen LogP contribution in [0.4, 0.5) is 19.0 Å². The predicted octanol–water partition coefficient (Wildman–Crippen LogP) is 7.04. The van der Waals surface area contributed by atoms with Gasteiger partial charge in [-0.1, -0.05) is 35.3 Å². The molecule has 0 atom stereocenters. The molecular formula is C22H12BrCl2F3N6OS. The summed E-state index contributed by atoms with van der Waals surface area (Å²) in [7, 11) is 0. The lowest BCUT2D eigenvalue weighted by atomic mass is 10.2. The van der Waals surface area contributed by atoms with Crippen molar-refractivity contribution in [1.82, 2.24) is 24.4 Å². The number of anilines is 1. The minimum Gasteiger partial charge on any atom is -0.303 e. The summed E-state index contributed by atoms with van der Waals surface area (Å²) >= 11 is 16.7. The molecule has 0 aliphatic carbocycles. The number of alkyl halides is 3. The molecule has 4 aromatic heterocycles. The molecule has 5 rings (SSSR count). The molecule has 0 saturated carbocycles. The van der Waals surface area contributed by atoms with Gasteiger partial charge in [-0.15, -0.1) is 11.3 Å². The minimum atomic E-state index is -4.71. The number of hydrogen-bond acceptors (Lipinski definition) is 5. The second-order valence-corrected chi connectivity index (χ2v) is 10.2. The summed E-state index contributed by atoms with van der Waals surface area (Å²) < 4.78 is 43.9. The zero-order valence-electron chi connectivity index (χ0n) is 17.7. The predicted molar refractivity (Wildman–Crippen MR) is 135 cm³/mol. The first-order chi connectivity index (χ1) is 17.1. The van der Waals surface area contributed by atoms with Crippen LogP contribution in [0.15, 0.2) is 58.5 Å². The zero-order valence-corrected chi connectivity index (χ0v) is 21.6. The lowest BCUT2D eigenvalue weighted by Crippen LogP contribution is -2.16. The van der Waals surface area contributed by atoms with Crippen LogP contribution in [0.25, 0.3) is 16.2 Å². The van der Waals surface area contributed by atoms with Gasteiger partial charge in [0, 0.05) is 22.3 Å². The molecule has 0 unspecified atom stereocenters. The average Bonchev–Trinajstić information content (AvgIpc) is 3.55. The first-order valence-electron chi connectivity index (χ1n) is 10.1. The number of hydrogen-bond donors (Lipinski definition) is 1. The lowest BCUT2D eigenvalue weighted by molar-refractivity contribution is -0.142. The zero-order chi connectivity index (χ0) is 25.6. The van der Waals surface area contributed by atoms with E-state index in [4.69, 9.17) is 23.2 Å². The van der Waals surface area contributed by atoms with Gasteiger partial charge in [-0.2, -0.15) is 23.4 Å².